The van der Waals surface area contributed by atoms with Crippen LogP contribution in [0.15, 0.2) is 42.6 Å². The van der Waals surface area contributed by atoms with Crippen LogP contribution in [0.3, 0.4) is 0 Å². The highest BCUT2D eigenvalue weighted by Gasteiger charge is 2.54. The molecule has 1 heterocycles. The number of anilines is 1. The van der Waals surface area contributed by atoms with Gasteiger partial charge >= 0.3 is 0 Å². The highest BCUT2D eigenvalue weighted by molar-refractivity contribution is 6.30. The number of hydrogen-bond donors (Lipinski definition) is 4. The number of rotatable bonds is 3. The third kappa shape index (κ3) is 3.00. The lowest BCUT2D eigenvalue weighted by atomic mass is 9.77. The molecule has 154 valence electrons. The van der Waals surface area contributed by atoms with Crippen LogP contribution in [0, 0.1) is 17.0 Å². The molecule has 1 aliphatic carbocycles. The van der Waals surface area contributed by atoms with Crippen molar-refractivity contribution >= 4 is 28.2 Å². The Kier molecular flexibility index (Phi) is 4.82. The van der Waals surface area contributed by atoms with Gasteiger partial charge in [-0.15, -0.1) is 0 Å². The van der Waals surface area contributed by atoms with Crippen molar-refractivity contribution in [3.63, 3.8) is 0 Å². The van der Waals surface area contributed by atoms with E-state index in [2.05, 4.69) is 0 Å². The summed E-state index contributed by atoms with van der Waals surface area (Å²) < 4.78 is 29.9. The molecule has 0 saturated heterocycles. The molecule has 1 aliphatic rings. The van der Waals surface area contributed by atoms with E-state index in [0.717, 1.165) is 6.07 Å². The normalized spacial score (nSPS) is 28.2. The Morgan fingerprint density at radius 3 is 2.59 bits per heavy atom. The van der Waals surface area contributed by atoms with Crippen LogP contribution in [0.5, 0.6) is 0 Å². The minimum absolute atomic E-state index is 0.0807. The largest absolute Gasteiger partial charge is 0.398 e. The van der Waals surface area contributed by atoms with Crippen molar-refractivity contribution in [2.45, 2.75) is 37.7 Å². The Morgan fingerprint density at radius 1 is 1.17 bits per heavy atom. The quantitative estimate of drug-likeness (QED) is 0.486. The molecule has 8 heteroatoms. The van der Waals surface area contributed by atoms with E-state index in [9.17, 15) is 24.1 Å². The van der Waals surface area contributed by atoms with Gasteiger partial charge in [-0.05, 0) is 42.3 Å². The van der Waals surface area contributed by atoms with Gasteiger partial charge in [-0.3, -0.25) is 0 Å². The molecule has 5 atom stereocenters. The van der Waals surface area contributed by atoms with E-state index in [0.29, 0.717) is 11.1 Å². The Hall–Kier alpha value is -2.19. The van der Waals surface area contributed by atoms with Gasteiger partial charge in [0.1, 0.15) is 17.7 Å². The van der Waals surface area contributed by atoms with Gasteiger partial charge in [0.05, 0.1) is 28.8 Å². The van der Waals surface area contributed by atoms with E-state index in [4.69, 9.17) is 17.3 Å². The average Bonchev–Trinajstić information content (AvgIpc) is 3.23. The van der Waals surface area contributed by atoms with Gasteiger partial charge < -0.3 is 25.6 Å². The maximum atomic E-state index is 14.5. The molecular weight excluding hydrogens is 402 g/mol. The zero-order valence-corrected chi connectivity index (χ0v) is 16.3. The smallest absolute Gasteiger partial charge is 0.147 e. The number of aliphatic hydroxyl groups excluding tert-OH is 3. The van der Waals surface area contributed by atoms with E-state index < -0.39 is 41.4 Å². The zero-order chi connectivity index (χ0) is 21.1. The Morgan fingerprint density at radius 2 is 1.90 bits per heavy atom. The number of nitrogens with zero attached hydrogens (tertiary/aromatic N) is 1. The first-order valence-electron chi connectivity index (χ1n) is 9.19. The number of halogens is 3. The number of nitrogens with two attached hydrogens (primary N) is 1. The Bertz CT molecular complexity index is 1090. The monoisotopic (exact) mass is 422 g/mol. The van der Waals surface area contributed by atoms with Crippen molar-refractivity contribution in [1.82, 2.24) is 4.57 Å². The predicted octanol–water partition coefficient (Wildman–Crippen LogP) is 3.56. The van der Waals surface area contributed by atoms with Crippen LogP contribution in [0.4, 0.5) is 14.5 Å². The molecule has 5 N–H and O–H groups in total. The van der Waals surface area contributed by atoms with Gasteiger partial charge in [0.2, 0.25) is 0 Å². The van der Waals surface area contributed by atoms with Crippen LogP contribution >= 0.6 is 11.6 Å². The summed E-state index contributed by atoms with van der Waals surface area (Å²) in [5, 5.41) is 32.9. The average molecular weight is 423 g/mol. The Labute approximate surface area is 170 Å². The molecule has 1 fully saturated rings. The molecule has 0 spiro atoms. The first-order chi connectivity index (χ1) is 13.6. The molecule has 0 bridgehead atoms. The second kappa shape index (κ2) is 6.95. The maximum absolute atomic E-state index is 14.5. The van der Waals surface area contributed by atoms with Gasteiger partial charge in [0, 0.05) is 22.7 Å². The number of nitrogen functional groups attached to an aromatic ring is 1. The summed E-state index contributed by atoms with van der Waals surface area (Å²) in [6.07, 6.45) is -2.16. The van der Waals surface area contributed by atoms with E-state index in [1.54, 1.807) is 19.2 Å². The lowest BCUT2D eigenvalue weighted by Gasteiger charge is -2.34. The number of aliphatic hydroxyl groups is 3. The van der Waals surface area contributed by atoms with Crippen LogP contribution in [0.1, 0.15) is 31.1 Å². The topological polar surface area (TPSA) is 91.6 Å². The van der Waals surface area contributed by atoms with Gasteiger partial charge in [0.15, 0.2) is 0 Å². The van der Waals surface area contributed by atoms with E-state index in [-0.39, 0.29) is 22.5 Å². The molecule has 4 rings (SSSR count). The van der Waals surface area contributed by atoms with Crippen LogP contribution in [0.2, 0.25) is 5.02 Å². The van der Waals surface area contributed by atoms with Gasteiger partial charge in [0.25, 0.3) is 0 Å². The summed E-state index contributed by atoms with van der Waals surface area (Å²) in [7, 11) is 0. The number of fused-ring (bicyclic) bond motifs is 1. The lowest BCUT2D eigenvalue weighted by Crippen LogP contribution is -2.38. The van der Waals surface area contributed by atoms with E-state index >= 15 is 0 Å². The van der Waals surface area contributed by atoms with Crippen LogP contribution in [-0.4, -0.2) is 32.1 Å². The lowest BCUT2D eigenvalue weighted by molar-refractivity contribution is -0.0765. The van der Waals surface area contributed by atoms with Gasteiger partial charge in [-0.2, -0.15) is 0 Å². The molecule has 1 aromatic heterocycles. The Balaban J connectivity index is 1.74. The third-order valence-corrected chi connectivity index (χ3v) is 6.45. The third-order valence-electron chi connectivity index (χ3n) is 6.15. The van der Waals surface area contributed by atoms with Gasteiger partial charge in [-0.1, -0.05) is 24.6 Å². The second-order valence-corrected chi connectivity index (χ2v) is 8.32. The summed E-state index contributed by atoms with van der Waals surface area (Å²) in [4.78, 5) is 0. The molecule has 29 heavy (non-hydrogen) atoms. The minimum atomic E-state index is -1.33. The zero-order valence-electron chi connectivity index (χ0n) is 15.6. The number of benzene rings is 2. The van der Waals surface area contributed by atoms with Crippen molar-refractivity contribution in [3.05, 3.63) is 64.8 Å². The first-order valence-corrected chi connectivity index (χ1v) is 9.56. The number of hydrogen-bond acceptors (Lipinski definition) is 4. The molecule has 0 radical (unpaired) electrons. The van der Waals surface area contributed by atoms with Crippen molar-refractivity contribution in [1.29, 1.82) is 0 Å². The fourth-order valence-corrected chi connectivity index (χ4v) is 4.55. The summed E-state index contributed by atoms with van der Waals surface area (Å²) in [6, 6.07) is 7.55. The first kappa shape index (κ1) is 20.1. The van der Waals surface area contributed by atoms with Crippen molar-refractivity contribution in [3.8, 4) is 0 Å². The van der Waals surface area contributed by atoms with Gasteiger partial charge in [-0.25, -0.2) is 8.78 Å². The van der Waals surface area contributed by atoms with Crippen LogP contribution in [-0.2, 0) is 0 Å². The van der Waals surface area contributed by atoms with Crippen molar-refractivity contribution in [2.24, 2.45) is 5.41 Å². The summed E-state index contributed by atoms with van der Waals surface area (Å²) in [5.41, 5.74) is 5.56. The second-order valence-electron chi connectivity index (χ2n) is 7.91. The minimum Gasteiger partial charge on any atom is -0.398 e. The highest BCUT2D eigenvalue weighted by atomic mass is 35.5. The molecule has 0 aliphatic heterocycles. The number of aromatic nitrogens is 1. The van der Waals surface area contributed by atoms with E-state index in [1.807, 2.05) is 0 Å². The molecule has 0 unspecified atom stereocenters. The summed E-state index contributed by atoms with van der Waals surface area (Å²) >= 11 is 5.71. The van der Waals surface area contributed by atoms with E-state index in [1.165, 1.54) is 28.8 Å². The van der Waals surface area contributed by atoms with Crippen molar-refractivity contribution < 1.29 is 24.1 Å². The maximum Gasteiger partial charge on any atom is 0.147 e. The molecule has 1 saturated carbocycles. The molecule has 0 amide bonds. The summed E-state index contributed by atoms with van der Waals surface area (Å²) in [5.74, 6) is -1.19. The molecular formula is C21H21ClF2N2O3. The SMILES string of the molecule is C[C@]1([C@H](O)c2ccc(Cl)c(F)c2)C[C@@H](n2ccc3c(N)ccc(F)c32)[C@H](O)[C@@H]1O. The van der Waals surface area contributed by atoms with Crippen molar-refractivity contribution in [2.75, 3.05) is 5.73 Å². The molecule has 2 aromatic carbocycles. The van der Waals surface area contributed by atoms with Crippen LogP contribution < -0.4 is 5.73 Å². The fraction of sp³-hybridized carbons (Fsp3) is 0.333. The molecule has 3 aromatic rings. The fourth-order valence-electron chi connectivity index (χ4n) is 4.43. The molecule has 5 nitrogen and oxygen atoms in total. The predicted molar refractivity (Wildman–Crippen MR) is 106 cm³/mol. The standard InChI is InChI=1S/C21H21ClF2N2O3/c1-21(19(28)10-2-3-12(22)14(24)8-10)9-16(18(27)20(21)29)26-7-6-11-15(25)5-4-13(23)17(11)26/h2-8,16,18-20,27-29H,9,25H2,1H3/t16-,18+,19-,20+,21-/m1/s1. The van der Waals surface area contributed by atoms with Crippen LogP contribution in [0.25, 0.3) is 10.9 Å². The summed E-state index contributed by atoms with van der Waals surface area (Å²) in [6.45, 7) is 1.61. The highest BCUT2D eigenvalue weighted by Crippen LogP contribution is 2.52.